The summed E-state index contributed by atoms with van der Waals surface area (Å²) in [5, 5.41) is 10.8. The smallest absolute Gasteiger partial charge is 0.545 e. The molecule has 5 heteroatoms. The minimum absolute atomic E-state index is 0. The first-order valence-corrected chi connectivity index (χ1v) is 3.53. The Labute approximate surface area is 122 Å². The van der Waals surface area contributed by atoms with Gasteiger partial charge in [0.05, 0.1) is 11.0 Å². The number of hydrogen-bond donors (Lipinski definition) is 0. The third-order valence-electron chi connectivity index (χ3n) is 1.15. The molecule has 2 nitrogen and oxygen atoms in total. The van der Waals surface area contributed by atoms with Gasteiger partial charge in [-0.3, -0.25) is 0 Å². The Morgan fingerprint density at radius 2 is 1.92 bits per heavy atom. The molecule has 0 saturated carbocycles. The van der Waals surface area contributed by atoms with Crippen LogP contribution in [-0.2, 0) is 0 Å². The topological polar surface area (TPSA) is 40.1 Å². The van der Waals surface area contributed by atoms with Crippen LogP contribution in [0.2, 0.25) is 10.0 Å². The Morgan fingerprint density at radius 1 is 1.33 bits per heavy atom. The van der Waals surface area contributed by atoms with E-state index in [2.05, 4.69) is 0 Å². The molecular weight excluding hydrogens is 226 g/mol. The molecule has 0 fully saturated rings. The monoisotopic (exact) mass is 228 g/mol. The van der Waals surface area contributed by atoms with Gasteiger partial charge in [-0.1, -0.05) is 29.3 Å². The van der Waals surface area contributed by atoms with Gasteiger partial charge < -0.3 is 9.90 Å². The van der Waals surface area contributed by atoms with Gasteiger partial charge in [0.15, 0.2) is 0 Å². The molecule has 0 atom stereocenters. The van der Waals surface area contributed by atoms with Crippen LogP contribution in [0.1, 0.15) is 10.4 Å². The molecule has 0 bridgehead atoms. The second-order valence-corrected chi connectivity index (χ2v) is 2.76. The molecule has 1 aromatic carbocycles. The van der Waals surface area contributed by atoms with Gasteiger partial charge in [-0.15, -0.1) is 0 Å². The molecule has 1 aromatic rings. The molecule has 0 N–H and O–H groups in total. The Hall–Kier alpha value is 0.906. The summed E-state index contributed by atoms with van der Waals surface area (Å²) in [6.45, 7) is 0. The van der Waals surface area contributed by atoms with Crippen LogP contribution in [0, 0.1) is 0 Å². The van der Waals surface area contributed by atoms with E-state index >= 15 is 0 Å². The largest absolute Gasteiger partial charge is 1.00 e. The van der Waals surface area contributed by atoms with E-state index in [0.29, 0.717) is 5.02 Å². The fraction of sp³-hybridized carbons (Fsp3) is 0. The standard InChI is InChI=1S/C7H4Cl2O2.K/c8-4-1-2-5(7(10)11)6(9)3-4;/h1-3H,(H,10,11);/q;+1/p-1. The maximum absolute atomic E-state index is 10.3. The quantitative estimate of drug-likeness (QED) is 0.542. The Bertz CT molecular complexity index is 301. The summed E-state index contributed by atoms with van der Waals surface area (Å²) in [7, 11) is 0. The van der Waals surface area contributed by atoms with Crippen molar-refractivity contribution in [3.05, 3.63) is 33.8 Å². The average Bonchev–Trinajstić information content (AvgIpc) is 1.85. The number of carbonyl (C=O) groups excluding carboxylic acids is 1. The summed E-state index contributed by atoms with van der Waals surface area (Å²) < 4.78 is 0. The molecule has 0 aromatic heterocycles. The van der Waals surface area contributed by atoms with Crippen molar-refractivity contribution in [3.63, 3.8) is 0 Å². The van der Waals surface area contributed by atoms with Crippen molar-refractivity contribution in [1.82, 2.24) is 0 Å². The number of carboxylic acids is 1. The summed E-state index contributed by atoms with van der Waals surface area (Å²) in [5.41, 5.74) is -0.0453. The number of hydrogen-bond acceptors (Lipinski definition) is 2. The maximum Gasteiger partial charge on any atom is 1.00 e. The number of carbonyl (C=O) groups is 1. The molecule has 0 aliphatic carbocycles. The molecular formula is C7H3Cl2KO2. The Morgan fingerprint density at radius 3 is 2.33 bits per heavy atom. The van der Waals surface area contributed by atoms with Gasteiger partial charge in [0, 0.05) is 10.6 Å². The summed E-state index contributed by atoms with van der Waals surface area (Å²) in [6, 6.07) is 4.10. The van der Waals surface area contributed by atoms with Gasteiger partial charge in [-0.05, 0) is 12.1 Å². The number of aromatic carboxylic acids is 1. The molecule has 0 radical (unpaired) electrons. The molecule has 58 valence electrons. The van der Waals surface area contributed by atoms with E-state index in [1.165, 1.54) is 18.2 Å². The van der Waals surface area contributed by atoms with Gasteiger partial charge >= 0.3 is 51.4 Å². The first kappa shape index (κ1) is 12.9. The van der Waals surface area contributed by atoms with Crippen molar-refractivity contribution in [3.8, 4) is 0 Å². The Kier molecular flexibility index (Phi) is 6.02. The maximum atomic E-state index is 10.3. The van der Waals surface area contributed by atoms with E-state index in [0.717, 1.165) is 0 Å². The summed E-state index contributed by atoms with van der Waals surface area (Å²) in [4.78, 5) is 10.3. The predicted octanol–water partition coefficient (Wildman–Crippen LogP) is -1.64. The number of rotatable bonds is 1. The van der Waals surface area contributed by atoms with Crippen LogP contribution in [0.4, 0.5) is 0 Å². The molecule has 12 heavy (non-hydrogen) atoms. The fourth-order valence-electron chi connectivity index (χ4n) is 0.655. The molecule has 0 unspecified atom stereocenters. The van der Waals surface area contributed by atoms with Gasteiger partial charge in [-0.25, -0.2) is 0 Å². The number of halogens is 2. The minimum Gasteiger partial charge on any atom is -0.545 e. The van der Waals surface area contributed by atoms with Gasteiger partial charge in [0.2, 0.25) is 0 Å². The first-order valence-electron chi connectivity index (χ1n) is 2.77. The second-order valence-electron chi connectivity index (χ2n) is 1.91. The van der Waals surface area contributed by atoms with Gasteiger partial charge in [0.1, 0.15) is 0 Å². The summed E-state index contributed by atoms with van der Waals surface area (Å²) >= 11 is 11.0. The van der Waals surface area contributed by atoms with E-state index in [-0.39, 0.29) is 62.0 Å². The fourth-order valence-corrected chi connectivity index (χ4v) is 1.14. The third-order valence-corrected chi connectivity index (χ3v) is 1.70. The summed E-state index contributed by atoms with van der Waals surface area (Å²) in [6.07, 6.45) is 0. The van der Waals surface area contributed by atoms with Crippen LogP contribution in [0.3, 0.4) is 0 Å². The van der Waals surface area contributed by atoms with Gasteiger partial charge in [-0.2, -0.15) is 0 Å². The van der Waals surface area contributed by atoms with E-state index in [1.54, 1.807) is 0 Å². The van der Waals surface area contributed by atoms with Crippen LogP contribution in [-0.4, -0.2) is 5.97 Å². The first-order chi connectivity index (χ1) is 5.11. The molecule has 0 amide bonds. The zero-order chi connectivity index (χ0) is 8.43. The molecule has 0 spiro atoms. The second kappa shape index (κ2) is 5.60. The van der Waals surface area contributed by atoms with Crippen molar-refractivity contribution in [2.24, 2.45) is 0 Å². The average molecular weight is 229 g/mol. The van der Waals surface area contributed by atoms with Gasteiger partial charge in [0.25, 0.3) is 0 Å². The van der Waals surface area contributed by atoms with E-state index < -0.39 is 5.97 Å². The van der Waals surface area contributed by atoms with Crippen molar-refractivity contribution in [1.29, 1.82) is 0 Å². The zero-order valence-corrected chi connectivity index (χ0v) is 10.9. The third kappa shape index (κ3) is 3.34. The van der Waals surface area contributed by atoms with Crippen molar-refractivity contribution in [2.75, 3.05) is 0 Å². The van der Waals surface area contributed by atoms with E-state index in [1.807, 2.05) is 0 Å². The SMILES string of the molecule is O=C([O-])c1ccc(Cl)cc1Cl.[K+]. The van der Waals surface area contributed by atoms with Crippen molar-refractivity contribution >= 4 is 29.2 Å². The zero-order valence-electron chi connectivity index (χ0n) is 6.30. The Balaban J connectivity index is 0.00000121. The van der Waals surface area contributed by atoms with Crippen LogP contribution in [0.5, 0.6) is 0 Å². The minimum atomic E-state index is -1.30. The molecule has 0 heterocycles. The molecule has 1 rings (SSSR count). The molecule has 0 aliphatic heterocycles. The van der Waals surface area contributed by atoms with Crippen LogP contribution in [0.25, 0.3) is 0 Å². The van der Waals surface area contributed by atoms with Crippen molar-refractivity contribution in [2.45, 2.75) is 0 Å². The number of carboxylic acid groups (broad SMARTS) is 1. The molecule has 0 aliphatic rings. The summed E-state index contributed by atoms with van der Waals surface area (Å²) in [5.74, 6) is -1.30. The predicted molar refractivity (Wildman–Crippen MR) is 40.8 cm³/mol. The number of benzene rings is 1. The van der Waals surface area contributed by atoms with Crippen molar-refractivity contribution < 1.29 is 61.3 Å². The van der Waals surface area contributed by atoms with E-state index in [4.69, 9.17) is 23.2 Å². The van der Waals surface area contributed by atoms with Crippen LogP contribution in [0.15, 0.2) is 18.2 Å². The van der Waals surface area contributed by atoms with E-state index in [9.17, 15) is 9.90 Å². The van der Waals surface area contributed by atoms with Crippen LogP contribution >= 0.6 is 23.2 Å². The van der Waals surface area contributed by atoms with Crippen LogP contribution < -0.4 is 56.5 Å². The normalized spacial score (nSPS) is 8.83. The molecule has 0 saturated heterocycles.